The highest BCUT2D eigenvalue weighted by Gasteiger charge is 2.07. The van der Waals surface area contributed by atoms with Gasteiger partial charge in [0, 0.05) is 41.5 Å². The van der Waals surface area contributed by atoms with Crippen molar-refractivity contribution in [3.63, 3.8) is 0 Å². The molecular formula is C22H20N2+2. The van der Waals surface area contributed by atoms with Gasteiger partial charge in [-0.3, -0.25) is 0 Å². The van der Waals surface area contributed by atoms with Crippen molar-refractivity contribution in [2.45, 2.75) is 13.0 Å². The van der Waals surface area contributed by atoms with Crippen LogP contribution in [0, 0.1) is 0 Å². The number of hydrogen-bond donors (Lipinski definition) is 0. The van der Waals surface area contributed by atoms with Gasteiger partial charge in [-0.2, -0.15) is 9.13 Å². The van der Waals surface area contributed by atoms with Crippen LogP contribution in [0.5, 0.6) is 0 Å². The van der Waals surface area contributed by atoms with Crippen molar-refractivity contribution in [2.75, 3.05) is 0 Å². The molecule has 0 unspecified atom stereocenters. The van der Waals surface area contributed by atoms with Crippen molar-refractivity contribution in [3.05, 3.63) is 91.3 Å². The van der Waals surface area contributed by atoms with E-state index in [0.717, 1.165) is 13.0 Å². The van der Waals surface area contributed by atoms with Crippen LogP contribution in [0.1, 0.15) is 6.42 Å². The molecule has 0 fully saturated rings. The Morgan fingerprint density at radius 1 is 0.667 bits per heavy atom. The molecule has 0 bridgehead atoms. The van der Waals surface area contributed by atoms with Gasteiger partial charge in [0.25, 0.3) is 0 Å². The Hall–Kier alpha value is -3.00. The van der Waals surface area contributed by atoms with Gasteiger partial charge in [-0.15, -0.1) is 0 Å². The number of pyridine rings is 2. The van der Waals surface area contributed by atoms with Crippen molar-refractivity contribution in [1.29, 1.82) is 0 Å². The fraction of sp³-hybridized carbons (Fsp3) is 0.0909. The number of fused-ring (bicyclic) bond motifs is 2. The van der Waals surface area contributed by atoms with E-state index >= 15 is 0 Å². The molecule has 2 aromatic heterocycles. The molecule has 24 heavy (non-hydrogen) atoms. The second-order valence-electron chi connectivity index (χ2n) is 5.91. The smallest absolute Gasteiger partial charge is 0.198 e. The Morgan fingerprint density at radius 3 is 2.12 bits per heavy atom. The second kappa shape index (κ2) is 6.63. The number of benzene rings is 2. The fourth-order valence-electron chi connectivity index (χ4n) is 3.13. The van der Waals surface area contributed by atoms with Crippen LogP contribution in [0.15, 0.2) is 91.3 Å². The molecule has 0 spiro atoms. The van der Waals surface area contributed by atoms with Gasteiger partial charge in [-0.1, -0.05) is 24.3 Å². The minimum Gasteiger partial charge on any atom is -0.198 e. The maximum Gasteiger partial charge on any atom is 0.217 e. The topological polar surface area (TPSA) is 7.76 Å². The Bertz CT molecular complexity index is 1010. The van der Waals surface area contributed by atoms with E-state index in [9.17, 15) is 0 Å². The standard InChI is InChI=1S/C22H20N2/c1-3-13-21-19(9-1)11-7-17-23(21)15-5-6-16-24-18-8-12-20-10-2-4-14-22(20)24/h1-5,7-15,17-18H,6,16H2/q+2. The zero-order chi connectivity index (χ0) is 16.2. The van der Waals surface area contributed by atoms with Crippen LogP contribution >= 0.6 is 0 Å². The number of hydrogen-bond acceptors (Lipinski definition) is 0. The van der Waals surface area contributed by atoms with Gasteiger partial charge >= 0.3 is 0 Å². The largest absolute Gasteiger partial charge is 0.217 e. The Labute approximate surface area is 141 Å². The highest BCUT2D eigenvalue weighted by Crippen LogP contribution is 2.09. The van der Waals surface area contributed by atoms with Crippen molar-refractivity contribution < 1.29 is 9.13 Å². The summed E-state index contributed by atoms with van der Waals surface area (Å²) in [5.74, 6) is 0. The van der Waals surface area contributed by atoms with Crippen LogP contribution in [0.4, 0.5) is 0 Å². The highest BCUT2D eigenvalue weighted by molar-refractivity contribution is 5.75. The minimum atomic E-state index is 0.975. The summed E-state index contributed by atoms with van der Waals surface area (Å²) in [6, 6.07) is 25.5. The first-order chi connectivity index (χ1) is 11.9. The fourth-order valence-corrected chi connectivity index (χ4v) is 3.13. The summed E-state index contributed by atoms with van der Waals surface area (Å²) in [5, 5.41) is 2.54. The molecule has 2 heteroatoms. The lowest BCUT2D eigenvalue weighted by Crippen LogP contribution is -2.33. The number of aryl methyl sites for hydroxylation is 1. The molecule has 4 rings (SSSR count). The molecule has 0 amide bonds. The van der Waals surface area contributed by atoms with Gasteiger partial charge in [-0.25, -0.2) is 0 Å². The maximum absolute atomic E-state index is 2.31. The molecule has 0 saturated carbocycles. The highest BCUT2D eigenvalue weighted by atomic mass is 14.9. The molecule has 2 aromatic carbocycles. The average Bonchev–Trinajstić information content (AvgIpc) is 2.65. The zero-order valence-electron chi connectivity index (χ0n) is 13.5. The lowest BCUT2D eigenvalue weighted by atomic mass is 10.2. The molecule has 2 heterocycles. The van der Waals surface area contributed by atoms with Crippen molar-refractivity contribution >= 4 is 28.0 Å². The number of para-hydroxylation sites is 2. The molecule has 0 atom stereocenters. The molecule has 4 aromatic rings. The van der Waals surface area contributed by atoms with Crippen LogP contribution < -0.4 is 9.13 Å². The lowest BCUT2D eigenvalue weighted by Gasteiger charge is -1.99. The first-order valence-electron chi connectivity index (χ1n) is 8.35. The van der Waals surface area contributed by atoms with E-state index in [1.54, 1.807) is 0 Å². The quantitative estimate of drug-likeness (QED) is 0.501. The van der Waals surface area contributed by atoms with Crippen LogP contribution in [0.3, 0.4) is 0 Å². The third-order valence-electron chi connectivity index (χ3n) is 4.33. The van der Waals surface area contributed by atoms with E-state index in [-0.39, 0.29) is 0 Å². The predicted molar refractivity (Wildman–Crippen MR) is 98.2 cm³/mol. The number of allylic oxidation sites excluding steroid dienone is 1. The molecule has 0 radical (unpaired) electrons. The van der Waals surface area contributed by atoms with Gasteiger partial charge in [-0.05, 0) is 30.3 Å². The monoisotopic (exact) mass is 312 g/mol. The first kappa shape index (κ1) is 14.6. The molecule has 116 valence electrons. The number of aromatic nitrogens is 2. The summed E-state index contributed by atoms with van der Waals surface area (Å²) in [5.41, 5.74) is 2.51. The van der Waals surface area contributed by atoms with E-state index in [2.05, 4.69) is 107 Å². The normalized spacial score (nSPS) is 11.5. The third kappa shape index (κ3) is 2.91. The van der Waals surface area contributed by atoms with Crippen molar-refractivity contribution in [1.82, 2.24) is 0 Å². The summed E-state index contributed by atoms with van der Waals surface area (Å²) >= 11 is 0. The Kier molecular flexibility index (Phi) is 4.03. The van der Waals surface area contributed by atoms with Crippen LogP contribution in [-0.2, 0) is 6.54 Å². The van der Waals surface area contributed by atoms with Crippen LogP contribution in [-0.4, -0.2) is 0 Å². The second-order valence-corrected chi connectivity index (χ2v) is 5.91. The van der Waals surface area contributed by atoms with E-state index in [1.165, 1.54) is 21.8 Å². The Morgan fingerprint density at radius 2 is 1.29 bits per heavy atom. The summed E-state index contributed by atoms with van der Waals surface area (Å²) < 4.78 is 4.50. The van der Waals surface area contributed by atoms with E-state index in [4.69, 9.17) is 0 Å². The summed E-state index contributed by atoms with van der Waals surface area (Å²) in [6.07, 6.45) is 9.65. The predicted octanol–water partition coefficient (Wildman–Crippen LogP) is 4.13. The molecule has 0 aliphatic rings. The first-order valence-corrected chi connectivity index (χ1v) is 8.35. The molecule has 0 saturated heterocycles. The van der Waals surface area contributed by atoms with E-state index in [0.29, 0.717) is 0 Å². The van der Waals surface area contributed by atoms with E-state index in [1.807, 2.05) is 0 Å². The average molecular weight is 312 g/mol. The minimum absolute atomic E-state index is 0.975. The zero-order valence-corrected chi connectivity index (χ0v) is 13.5. The molecule has 0 N–H and O–H groups in total. The molecule has 0 aliphatic carbocycles. The van der Waals surface area contributed by atoms with Crippen molar-refractivity contribution in [2.24, 2.45) is 0 Å². The summed E-state index contributed by atoms with van der Waals surface area (Å²) in [4.78, 5) is 0. The van der Waals surface area contributed by atoms with Gasteiger partial charge < -0.3 is 0 Å². The van der Waals surface area contributed by atoms with Gasteiger partial charge in [0.1, 0.15) is 0 Å². The Balaban J connectivity index is 1.53. The van der Waals surface area contributed by atoms with Gasteiger partial charge in [0.05, 0.1) is 0 Å². The van der Waals surface area contributed by atoms with E-state index < -0.39 is 0 Å². The summed E-state index contributed by atoms with van der Waals surface area (Å²) in [6.45, 7) is 0.975. The third-order valence-corrected chi connectivity index (χ3v) is 4.33. The SMILES string of the molecule is C(=C[n+]1cccc2ccccc21)CC[n+]1cccc2ccccc21. The lowest BCUT2D eigenvalue weighted by molar-refractivity contribution is -0.670. The number of nitrogens with zero attached hydrogens (tertiary/aromatic N) is 2. The summed E-state index contributed by atoms with van der Waals surface area (Å²) in [7, 11) is 0. The van der Waals surface area contributed by atoms with Crippen molar-refractivity contribution in [3.8, 4) is 0 Å². The van der Waals surface area contributed by atoms with Crippen LogP contribution in [0.25, 0.3) is 28.0 Å². The van der Waals surface area contributed by atoms with Crippen LogP contribution in [0.2, 0.25) is 0 Å². The number of rotatable bonds is 4. The maximum atomic E-state index is 2.31. The van der Waals surface area contributed by atoms with Gasteiger partial charge in [0.15, 0.2) is 25.1 Å². The van der Waals surface area contributed by atoms with Gasteiger partial charge in [0.2, 0.25) is 11.0 Å². The molecular weight excluding hydrogens is 292 g/mol. The molecule has 0 aliphatic heterocycles. The molecule has 2 nitrogen and oxygen atoms in total.